The second-order valence-corrected chi connectivity index (χ2v) is 4.29. The zero-order valence-electron chi connectivity index (χ0n) is 9.16. The predicted molar refractivity (Wildman–Crippen MR) is 62.7 cm³/mol. The number of unbranched alkanes of at least 4 members (excludes halogenated alkanes) is 3. The van der Waals surface area contributed by atoms with Crippen molar-refractivity contribution in [3.8, 4) is 0 Å². The first-order chi connectivity index (χ1) is 7.33. The van der Waals surface area contributed by atoms with Gasteiger partial charge in [-0.2, -0.15) is 0 Å². The highest BCUT2D eigenvalue weighted by atomic mass is 32.1. The minimum absolute atomic E-state index is 0.138. The summed E-state index contributed by atoms with van der Waals surface area (Å²) in [5.41, 5.74) is 2.73. The number of rotatable bonds is 7. The summed E-state index contributed by atoms with van der Waals surface area (Å²) in [4.78, 5) is 15.5. The lowest BCUT2D eigenvalue weighted by atomic mass is 10.1. The molecule has 0 fully saturated rings. The topological polar surface area (TPSA) is 42.0 Å². The Morgan fingerprint density at radius 1 is 1.47 bits per heavy atom. The number of amides is 1. The third-order valence-corrected chi connectivity index (χ3v) is 2.84. The lowest BCUT2D eigenvalue weighted by Gasteiger charge is -2.02. The Morgan fingerprint density at radius 3 is 3.00 bits per heavy atom. The Kier molecular flexibility index (Phi) is 6.00. The molecule has 1 heterocycles. The molecule has 1 aromatic heterocycles. The molecule has 0 aliphatic rings. The zero-order chi connectivity index (χ0) is 10.9. The van der Waals surface area contributed by atoms with Crippen LogP contribution in [0.25, 0.3) is 0 Å². The molecule has 0 radical (unpaired) electrons. The first-order valence-corrected chi connectivity index (χ1v) is 6.41. The molecule has 0 bridgehead atoms. The van der Waals surface area contributed by atoms with E-state index in [1.165, 1.54) is 12.8 Å². The van der Waals surface area contributed by atoms with Crippen LogP contribution in [0.2, 0.25) is 0 Å². The van der Waals surface area contributed by atoms with Crippen molar-refractivity contribution in [2.45, 2.75) is 45.6 Å². The summed E-state index contributed by atoms with van der Waals surface area (Å²) >= 11 is 1.55. The van der Waals surface area contributed by atoms with E-state index in [1.807, 2.05) is 5.38 Å². The summed E-state index contributed by atoms with van der Waals surface area (Å²) in [5.74, 6) is 0.138. The van der Waals surface area contributed by atoms with E-state index >= 15 is 0 Å². The minimum atomic E-state index is 0.138. The van der Waals surface area contributed by atoms with Crippen LogP contribution in [0, 0.1) is 0 Å². The van der Waals surface area contributed by atoms with E-state index in [0.29, 0.717) is 13.0 Å². The summed E-state index contributed by atoms with van der Waals surface area (Å²) in [7, 11) is 0. The van der Waals surface area contributed by atoms with Gasteiger partial charge in [0, 0.05) is 11.8 Å². The predicted octanol–water partition coefficient (Wildman–Crippen LogP) is 2.73. The normalized spacial score (nSPS) is 10.2. The average Bonchev–Trinajstić information content (AvgIpc) is 2.74. The molecule has 0 unspecified atom stereocenters. The van der Waals surface area contributed by atoms with E-state index in [9.17, 15) is 4.79 Å². The third kappa shape index (κ3) is 5.52. The van der Waals surface area contributed by atoms with E-state index in [2.05, 4.69) is 17.2 Å². The molecular formula is C11H18N2OS. The van der Waals surface area contributed by atoms with E-state index < -0.39 is 0 Å². The molecule has 1 N–H and O–H groups in total. The quantitative estimate of drug-likeness (QED) is 0.726. The second kappa shape index (κ2) is 7.40. The smallest absolute Gasteiger partial charge is 0.220 e. The lowest BCUT2D eigenvalue weighted by molar-refractivity contribution is -0.121. The number of carbonyl (C=O) groups excluding carboxylic acids is 1. The monoisotopic (exact) mass is 226 g/mol. The summed E-state index contributed by atoms with van der Waals surface area (Å²) in [6, 6.07) is 0. The largest absolute Gasteiger partial charge is 0.350 e. The van der Waals surface area contributed by atoms with Crippen LogP contribution in [-0.2, 0) is 11.3 Å². The van der Waals surface area contributed by atoms with Gasteiger partial charge in [-0.25, -0.2) is 4.98 Å². The van der Waals surface area contributed by atoms with Crippen molar-refractivity contribution in [3.63, 3.8) is 0 Å². The molecule has 0 aliphatic heterocycles. The van der Waals surface area contributed by atoms with E-state index in [0.717, 1.165) is 18.5 Å². The fourth-order valence-corrected chi connectivity index (χ4v) is 1.87. The van der Waals surface area contributed by atoms with Crippen molar-refractivity contribution >= 4 is 17.2 Å². The highest BCUT2D eigenvalue weighted by Crippen LogP contribution is 2.03. The molecule has 1 amide bonds. The number of hydrogen-bond donors (Lipinski definition) is 1. The van der Waals surface area contributed by atoms with Gasteiger partial charge in [-0.05, 0) is 6.42 Å². The molecule has 0 spiro atoms. The molecule has 4 heteroatoms. The summed E-state index contributed by atoms with van der Waals surface area (Å²) in [6.07, 6.45) is 5.22. The van der Waals surface area contributed by atoms with E-state index in [4.69, 9.17) is 0 Å². The number of thiazole rings is 1. The fraction of sp³-hybridized carbons (Fsp3) is 0.636. The SMILES string of the molecule is CCCCCCC(=O)NCc1cscn1. The molecule has 15 heavy (non-hydrogen) atoms. The number of nitrogens with one attached hydrogen (secondary N) is 1. The van der Waals surface area contributed by atoms with Gasteiger partial charge in [0.1, 0.15) is 0 Å². The van der Waals surface area contributed by atoms with Crippen molar-refractivity contribution in [1.82, 2.24) is 10.3 Å². The van der Waals surface area contributed by atoms with Crippen LogP contribution in [0.1, 0.15) is 44.7 Å². The molecular weight excluding hydrogens is 208 g/mol. The van der Waals surface area contributed by atoms with Crippen molar-refractivity contribution in [2.24, 2.45) is 0 Å². The van der Waals surface area contributed by atoms with Crippen molar-refractivity contribution in [1.29, 1.82) is 0 Å². The standard InChI is InChI=1S/C11H18N2OS/c1-2-3-4-5-6-11(14)12-7-10-8-15-9-13-10/h8-9H,2-7H2,1H3,(H,12,14). The molecule has 3 nitrogen and oxygen atoms in total. The summed E-state index contributed by atoms with van der Waals surface area (Å²) in [6.45, 7) is 2.73. The van der Waals surface area contributed by atoms with Gasteiger partial charge in [0.05, 0.1) is 17.7 Å². The van der Waals surface area contributed by atoms with Crippen LogP contribution < -0.4 is 5.32 Å². The van der Waals surface area contributed by atoms with Gasteiger partial charge in [0.25, 0.3) is 0 Å². The second-order valence-electron chi connectivity index (χ2n) is 3.57. The molecule has 0 saturated heterocycles. The van der Waals surface area contributed by atoms with Crippen molar-refractivity contribution in [2.75, 3.05) is 0 Å². The number of hydrogen-bond acceptors (Lipinski definition) is 3. The Morgan fingerprint density at radius 2 is 2.33 bits per heavy atom. The van der Waals surface area contributed by atoms with Gasteiger partial charge in [0.15, 0.2) is 0 Å². The molecule has 0 atom stereocenters. The van der Waals surface area contributed by atoms with Crippen LogP contribution in [0.3, 0.4) is 0 Å². The highest BCUT2D eigenvalue weighted by molar-refractivity contribution is 7.07. The number of nitrogens with zero attached hydrogens (tertiary/aromatic N) is 1. The first-order valence-electron chi connectivity index (χ1n) is 5.46. The van der Waals surface area contributed by atoms with Gasteiger partial charge >= 0.3 is 0 Å². The maximum atomic E-state index is 11.4. The summed E-state index contributed by atoms with van der Waals surface area (Å²) in [5, 5.41) is 4.82. The van der Waals surface area contributed by atoms with Crippen LogP contribution in [-0.4, -0.2) is 10.9 Å². The molecule has 84 valence electrons. The van der Waals surface area contributed by atoms with Crippen LogP contribution in [0.4, 0.5) is 0 Å². The Labute approximate surface area is 94.9 Å². The zero-order valence-corrected chi connectivity index (χ0v) is 9.98. The summed E-state index contributed by atoms with van der Waals surface area (Å²) < 4.78 is 0. The molecule has 1 rings (SSSR count). The first kappa shape index (κ1) is 12.2. The average molecular weight is 226 g/mol. The van der Waals surface area contributed by atoms with Crippen molar-refractivity contribution < 1.29 is 4.79 Å². The van der Waals surface area contributed by atoms with Crippen LogP contribution in [0.15, 0.2) is 10.9 Å². The van der Waals surface area contributed by atoms with Gasteiger partial charge in [-0.15, -0.1) is 11.3 Å². The van der Waals surface area contributed by atoms with Crippen LogP contribution in [0.5, 0.6) is 0 Å². The number of carbonyl (C=O) groups is 1. The number of aromatic nitrogens is 1. The molecule has 0 saturated carbocycles. The maximum absolute atomic E-state index is 11.4. The molecule has 0 aromatic carbocycles. The van der Waals surface area contributed by atoms with Gasteiger partial charge in [-0.1, -0.05) is 26.2 Å². The van der Waals surface area contributed by atoms with Gasteiger partial charge < -0.3 is 5.32 Å². The van der Waals surface area contributed by atoms with Crippen LogP contribution >= 0.6 is 11.3 Å². The minimum Gasteiger partial charge on any atom is -0.350 e. The Bertz CT molecular complexity index is 272. The maximum Gasteiger partial charge on any atom is 0.220 e. The highest BCUT2D eigenvalue weighted by Gasteiger charge is 2.01. The van der Waals surface area contributed by atoms with Crippen molar-refractivity contribution in [3.05, 3.63) is 16.6 Å². The van der Waals surface area contributed by atoms with Gasteiger partial charge in [0.2, 0.25) is 5.91 Å². The van der Waals surface area contributed by atoms with E-state index in [1.54, 1.807) is 16.8 Å². The lowest BCUT2D eigenvalue weighted by Crippen LogP contribution is -2.22. The van der Waals surface area contributed by atoms with Gasteiger partial charge in [-0.3, -0.25) is 4.79 Å². The Hall–Kier alpha value is -0.900. The van der Waals surface area contributed by atoms with E-state index in [-0.39, 0.29) is 5.91 Å². The molecule has 1 aromatic rings. The fourth-order valence-electron chi connectivity index (χ4n) is 1.31. The Balaban J connectivity index is 2.04. The molecule has 0 aliphatic carbocycles. The third-order valence-electron chi connectivity index (χ3n) is 2.21.